The molecule has 4 nitrogen and oxygen atoms in total. The van der Waals surface area contributed by atoms with Crippen molar-refractivity contribution in [3.8, 4) is 0 Å². The highest BCUT2D eigenvalue weighted by Crippen LogP contribution is 2.27. The molecule has 3 rings (SSSR count). The summed E-state index contributed by atoms with van der Waals surface area (Å²) in [7, 11) is 0. The van der Waals surface area contributed by atoms with E-state index in [1.807, 2.05) is 91.0 Å². The first-order chi connectivity index (χ1) is 14.8. The van der Waals surface area contributed by atoms with Crippen LogP contribution in [0.2, 0.25) is 0 Å². The number of benzene rings is 3. The summed E-state index contributed by atoms with van der Waals surface area (Å²) >= 11 is 0. The van der Waals surface area contributed by atoms with Gasteiger partial charge in [0.2, 0.25) is 0 Å². The fraction of sp³-hybridized carbons (Fsp3) is 0.269. The largest absolute Gasteiger partial charge is 0.323 e. The number of carbonyl (C=O) groups excluding carboxylic acids is 1. The highest BCUT2D eigenvalue weighted by atomic mass is 16.9. The van der Waals surface area contributed by atoms with E-state index in [2.05, 4.69) is 0 Å². The van der Waals surface area contributed by atoms with Crippen LogP contribution in [-0.4, -0.2) is 12.3 Å². The van der Waals surface area contributed by atoms with Crippen molar-refractivity contribution in [1.29, 1.82) is 0 Å². The first-order valence-electron chi connectivity index (χ1n) is 10.3. The second-order valence-electron chi connectivity index (χ2n) is 7.06. The Morgan fingerprint density at radius 2 is 0.967 bits per heavy atom. The van der Waals surface area contributed by atoms with Crippen LogP contribution < -0.4 is 0 Å². The third-order valence-electron chi connectivity index (χ3n) is 4.71. The van der Waals surface area contributed by atoms with E-state index in [4.69, 9.17) is 14.2 Å². The maximum atomic E-state index is 10.9. The summed E-state index contributed by atoms with van der Waals surface area (Å²) in [5.41, 5.74) is 3.09. The van der Waals surface area contributed by atoms with Gasteiger partial charge in [0.1, 0.15) is 6.29 Å². The van der Waals surface area contributed by atoms with Gasteiger partial charge >= 0.3 is 0 Å². The highest BCUT2D eigenvalue weighted by Gasteiger charge is 2.33. The number of hydrogen-bond acceptors (Lipinski definition) is 4. The molecule has 0 bridgehead atoms. The minimum absolute atomic E-state index is 0.353. The van der Waals surface area contributed by atoms with E-state index < -0.39 is 5.97 Å². The van der Waals surface area contributed by atoms with Gasteiger partial charge < -0.3 is 19.0 Å². The van der Waals surface area contributed by atoms with Gasteiger partial charge in [0.15, 0.2) is 0 Å². The third-order valence-corrected chi connectivity index (χ3v) is 4.71. The zero-order valence-electron chi connectivity index (χ0n) is 17.1. The SMILES string of the molecule is O=CCCCC(OCc1ccccc1)(OCc1ccccc1)OCc1ccccc1. The molecule has 0 amide bonds. The monoisotopic (exact) mass is 404 g/mol. The Hall–Kier alpha value is -2.79. The fourth-order valence-electron chi connectivity index (χ4n) is 3.05. The van der Waals surface area contributed by atoms with E-state index in [-0.39, 0.29) is 0 Å². The van der Waals surface area contributed by atoms with Crippen LogP contribution in [0.1, 0.15) is 36.0 Å². The molecule has 0 atom stereocenters. The molecule has 0 fully saturated rings. The quantitative estimate of drug-likeness (QED) is 0.209. The first-order valence-corrected chi connectivity index (χ1v) is 10.3. The summed E-state index contributed by atoms with van der Waals surface area (Å²) in [5.74, 6) is -1.25. The van der Waals surface area contributed by atoms with Crippen molar-refractivity contribution in [3.63, 3.8) is 0 Å². The average molecular weight is 405 g/mol. The van der Waals surface area contributed by atoms with Gasteiger partial charge in [-0.3, -0.25) is 0 Å². The topological polar surface area (TPSA) is 44.8 Å². The van der Waals surface area contributed by atoms with Crippen molar-refractivity contribution in [2.75, 3.05) is 0 Å². The van der Waals surface area contributed by atoms with E-state index in [1.165, 1.54) is 0 Å². The van der Waals surface area contributed by atoms with E-state index in [0.717, 1.165) is 23.0 Å². The number of aldehydes is 1. The van der Waals surface area contributed by atoms with Gasteiger partial charge in [0.25, 0.3) is 5.97 Å². The van der Waals surface area contributed by atoms with Crippen molar-refractivity contribution in [3.05, 3.63) is 108 Å². The lowest BCUT2D eigenvalue weighted by Crippen LogP contribution is -2.39. The van der Waals surface area contributed by atoms with Crippen LogP contribution in [-0.2, 0) is 38.8 Å². The lowest BCUT2D eigenvalue weighted by Gasteiger charge is -2.33. The number of carbonyl (C=O) groups is 1. The van der Waals surface area contributed by atoms with Crippen molar-refractivity contribution >= 4 is 6.29 Å². The van der Waals surface area contributed by atoms with E-state index in [0.29, 0.717) is 39.1 Å². The lowest BCUT2D eigenvalue weighted by molar-refractivity contribution is -0.397. The number of hydrogen-bond donors (Lipinski definition) is 0. The summed E-state index contributed by atoms with van der Waals surface area (Å²) in [6, 6.07) is 29.8. The summed E-state index contributed by atoms with van der Waals surface area (Å²) in [4.78, 5) is 10.9. The molecule has 0 unspecified atom stereocenters. The van der Waals surface area contributed by atoms with E-state index in [1.54, 1.807) is 0 Å². The Labute approximate surface area is 178 Å². The molecule has 0 aliphatic carbocycles. The minimum Gasteiger partial charge on any atom is -0.323 e. The molecule has 30 heavy (non-hydrogen) atoms. The van der Waals surface area contributed by atoms with Crippen LogP contribution in [0.5, 0.6) is 0 Å². The van der Waals surface area contributed by atoms with Crippen LogP contribution in [0.15, 0.2) is 91.0 Å². The minimum atomic E-state index is -1.25. The summed E-state index contributed by atoms with van der Waals surface area (Å²) in [6.45, 7) is 1.06. The lowest BCUT2D eigenvalue weighted by atomic mass is 10.2. The van der Waals surface area contributed by atoms with Crippen molar-refractivity contribution in [2.45, 2.75) is 45.1 Å². The van der Waals surface area contributed by atoms with Crippen LogP contribution in [0.3, 0.4) is 0 Å². The van der Waals surface area contributed by atoms with Crippen molar-refractivity contribution in [2.24, 2.45) is 0 Å². The molecule has 156 valence electrons. The molecule has 0 aromatic heterocycles. The van der Waals surface area contributed by atoms with Crippen molar-refractivity contribution < 1.29 is 19.0 Å². The van der Waals surface area contributed by atoms with Crippen LogP contribution in [0, 0.1) is 0 Å². The van der Waals surface area contributed by atoms with Crippen LogP contribution in [0.25, 0.3) is 0 Å². The van der Waals surface area contributed by atoms with E-state index >= 15 is 0 Å². The number of ether oxygens (including phenoxy) is 3. The number of rotatable bonds is 13. The molecule has 0 radical (unpaired) electrons. The average Bonchev–Trinajstić information content (AvgIpc) is 2.82. The second kappa shape index (κ2) is 12.0. The maximum absolute atomic E-state index is 10.9. The van der Waals surface area contributed by atoms with Gasteiger partial charge in [0.05, 0.1) is 19.8 Å². The van der Waals surface area contributed by atoms with E-state index in [9.17, 15) is 4.79 Å². The third kappa shape index (κ3) is 7.23. The Balaban J connectivity index is 1.76. The van der Waals surface area contributed by atoms with Crippen molar-refractivity contribution in [1.82, 2.24) is 0 Å². The van der Waals surface area contributed by atoms with Gasteiger partial charge in [-0.15, -0.1) is 0 Å². The van der Waals surface area contributed by atoms with Gasteiger partial charge in [-0.1, -0.05) is 91.0 Å². The first kappa shape index (κ1) is 21.9. The molecule has 0 saturated heterocycles. The summed E-state index contributed by atoms with van der Waals surface area (Å²) in [6.07, 6.45) is 2.41. The normalized spacial score (nSPS) is 11.3. The summed E-state index contributed by atoms with van der Waals surface area (Å²) < 4.78 is 18.7. The molecule has 3 aromatic carbocycles. The Morgan fingerprint density at radius 3 is 1.30 bits per heavy atom. The molecule has 0 aliphatic heterocycles. The van der Waals surface area contributed by atoms with Crippen LogP contribution in [0.4, 0.5) is 0 Å². The zero-order chi connectivity index (χ0) is 20.9. The van der Waals surface area contributed by atoms with Gasteiger partial charge in [-0.2, -0.15) is 0 Å². The standard InChI is InChI=1S/C26H28O4/c27-19-11-10-18-26(28-20-23-12-4-1-5-13-23,29-21-24-14-6-2-7-15-24)30-22-25-16-8-3-9-17-25/h1-9,12-17,19H,10-11,18,20-22H2. The second-order valence-corrected chi connectivity index (χ2v) is 7.06. The highest BCUT2D eigenvalue weighted by molar-refractivity contribution is 5.48. The summed E-state index contributed by atoms with van der Waals surface area (Å²) in [5, 5.41) is 0. The molecule has 0 N–H and O–H groups in total. The van der Waals surface area contributed by atoms with Gasteiger partial charge in [-0.25, -0.2) is 0 Å². The number of unbranched alkanes of at least 4 members (excludes halogenated alkanes) is 1. The molecular weight excluding hydrogens is 376 g/mol. The predicted molar refractivity (Wildman–Crippen MR) is 116 cm³/mol. The molecule has 4 heteroatoms. The molecule has 0 spiro atoms. The predicted octanol–water partition coefficient (Wildman–Crippen LogP) is 5.66. The molecule has 3 aromatic rings. The molecular formula is C26H28O4. The van der Waals surface area contributed by atoms with Gasteiger partial charge in [0, 0.05) is 12.8 Å². The Morgan fingerprint density at radius 1 is 0.600 bits per heavy atom. The van der Waals surface area contributed by atoms with Crippen LogP contribution >= 0.6 is 0 Å². The molecule has 0 heterocycles. The molecule has 0 saturated carbocycles. The smallest absolute Gasteiger partial charge is 0.283 e. The fourth-order valence-corrected chi connectivity index (χ4v) is 3.05. The maximum Gasteiger partial charge on any atom is 0.283 e. The molecule has 0 aliphatic rings. The van der Waals surface area contributed by atoms with Gasteiger partial charge in [-0.05, 0) is 23.1 Å². The Kier molecular flexibility index (Phi) is 8.79. The zero-order valence-corrected chi connectivity index (χ0v) is 17.1. The Bertz CT molecular complexity index is 744.